The predicted octanol–water partition coefficient (Wildman–Crippen LogP) is 2.66. The van der Waals surface area contributed by atoms with E-state index >= 15 is 0 Å². The summed E-state index contributed by atoms with van der Waals surface area (Å²) in [7, 11) is 0. The van der Waals surface area contributed by atoms with Gasteiger partial charge in [0.25, 0.3) is 0 Å². The number of hydrogen-bond donors (Lipinski definition) is 0. The molecule has 1 heterocycles. The summed E-state index contributed by atoms with van der Waals surface area (Å²) in [5.41, 5.74) is 1.09. The van der Waals surface area contributed by atoms with E-state index in [-0.39, 0.29) is 21.0 Å². The molecule has 0 radical (unpaired) electrons. The molecule has 3 nitrogen and oxygen atoms in total. The summed E-state index contributed by atoms with van der Waals surface area (Å²) in [5.74, 6) is 0. The van der Waals surface area contributed by atoms with E-state index in [0.717, 1.165) is 6.42 Å². The molecule has 1 fully saturated rings. The van der Waals surface area contributed by atoms with Gasteiger partial charge in [-0.25, -0.2) is 9.78 Å². The Morgan fingerprint density at radius 2 is 1.82 bits per heavy atom. The van der Waals surface area contributed by atoms with Crippen LogP contribution in [0.4, 0.5) is 0 Å². The molecule has 0 aromatic heterocycles. The second kappa shape index (κ2) is 7.78. The number of benzene rings is 1. The normalized spacial score (nSPS) is 21.9. The zero-order chi connectivity index (χ0) is 10.6. The van der Waals surface area contributed by atoms with Crippen molar-refractivity contribution in [3.05, 3.63) is 35.9 Å². The van der Waals surface area contributed by atoms with Crippen molar-refractivity contribution in [2.75, 3.05) is 6.61 Å². The Kier molecular flexibility index (Phi) is 7.56. The average molecular weight is 258 g/mol. The Balaban J connectivity index is 0.00000128. The molecule has 2 unspecified atom stereocenters. The molecule has 0 amide bonds. The maximum Gasteiger partial charge on any atom is 0.155 e. The maximum atomic E-state index is 5.35. The van der Waals surface area contributed by atoms with Crippen LogP contribution in [0.1, 0.15) is 38.2 Å². The van der Waals surface area contributed by atoms with Crippen LogP contribution in [0.5, 0.6) is 0 Å². The van der Waals surface area contributed by atoms with Gasteiger partial charge in [0, 0.05) is 0 Å². The molecule has 2 rings (SSSR count). The van der Waals surface area contributed by atoms with Crippen molar-refractivity contribution in [1.29, 1.82) is 0 Å². The quantitative estimate of drug-likeness (QED) is 0.463. The highest BCUT2D eigenvalue weighted by molar-refractivity contribution is 6.92. The molecule has 1 aromatic carbocycles. The van der Waals surface area contributed by atoms with E-state index in [1.165, 1.54) is 24.8 Å². The van der Waals surface area contributed by atoms with Crippen LogP contribution in [0.25, 0.3) is 0 Å². The third-order valence-corrected chi connectivity index (χ3v) is 2.99. The molecule has 0 aliphatic carbocycles. The molecule has 1 aliphatic heterocycles. The maximum absolute atomic E-state index is 5.35. The lowest BCUT2D eigenvalue weighted by Crippen LogP contribution is -2.44. The van der Waals surface area contributed by atoms with Crippen molar-refractivity contribution in [3.8, 4) is 0 Å². The van der Waals surface area contributed by atoms with Gasteiger partial charge in [-0.05, 0) is 12.0 Å². The van der Waals surface area contributed by atoms with E-state index in [0.29, 0.717) is 6.61 Å². The lowest BCUT2D eigenvalue weighted by atomic mass is 9.88. The van der Waals surface area contributed by atoms with Crippen LogP contribution >= 0.6 is 9.90 Å². The van der Waals surface area contributed by atoms with Crippen molar-refractivity contribution in [1.82, 2.24) is 0 Å². The van der Waals surface area contributed by atoms with Crippen molar-refractivity contribution >= 4 is 9.90 Å². The number of unbranched alkanes of at least 4 members (excludes halogenated alkanes) is 2. The Morgan fingerprint density at radius 1 is 1.18 bits per heavy atom. The number of hydrogen-bond acceptors (Lipinski definition) is 2. The van der Waals surface area contributed by atoms with Gasteiger partial charge in [0.2, 0.25) is 0 Å². The van der Waals surface area contributed by atoms with Gasteiger partial charge < -0.3 is 5.48 Å². The summed E-state index contributed by atoms with van der Waals surface area (Å²) >= 11 is 0. The van der Waals surface area contributed by atoms with Gasteiger partial charge in [0.15, 0.2) is 5.60 Å². The monoisotopic (exact) mass is 258 g/mol. The topological polar surface area (TPSA) is 50.0 Å². The fraction of sp³-hybridized carbons (Fsp3) is 0.538. The van der Waals surface area contributed by atoms with Crippen LogP contribution < -0.4 is 0 Å². The van der Waals surface area contributed by atoms with Crippen LogP contribution in [0, 0.1) is 0 Å². The van der Waals surface area contributed by atoms with Gasteiger partial charge in [0.1, 0.15) is 6.61 Å². The van der Waals surface area contributed by atoms with Gasteiger partial charge in [0.05, 0.1) is 0 Å². The first-order chi connectivity index (χ1) is 7.37. The van der Waals surface area contributed by atoms with E-state index in [1.54, 1.807) is 0 Å². The predicted molar refractivity (Wildman–Crippen MR) is 74.0 cm³/mol. The Bertz CT molecular complexity index is 299. The average Bonchev–Trinajstić information content (AvgIpc) is 2.23. The molecule has 0 spiro atoms. The molecule has 1 saturated heterocycles. The third kappa shape index (κ3) is 3.75. The molecular formula is C13H23O3P. The zero-order valence-corrected chi connectivity index (χ0v) is 11.9. The van der Waals surface area contributed by atoms with Crippen molar-refractivity contribution in [3.63, 3.8) is 0 Å². The van der Waals surface area contributed by atoms with Gasteiger partial charge in [-0.3, -0.25) is 0 Å². The van der Waals surface area contributed by atoms with Crippen LogP contribution in [0.15, 0.2) is 30.3 Å². The largest absolute Gasteiger partial charge is 0.412 e. The first-order valence-corrected chi connectivity index (χ1v) is 5.73. The smallest absolute Gasteiger partial charge is 0.155 e. The van der Waals surface area contributed by atoms with Crippen LogP contribution in [-0.2, 0) is 15.4 Å². The SMILES string of the molecule is CCCCCC1(c2ccccc2)COO1.O.P. The highest BCUT2D eigenvalue weighted by atomic mass is 31.0. The third-order valence-electron chi connectivity index (χ3n) is 2.99. The van der Waals surface area contributed by atoms with Crippen LogP contribution in [0.2, 0.25) is 0 Å². The summed E-state index contributed by atoms with van der Waals surface area (Å²) in [4.78, 5) is 10.3. The molecule has 98 valence electrons. The summed E-state index contributed by atoms with van der Waals surface area (Å²) in [6, 6.07) is 10.4. The first kappa shape index (κ1) is 16.5. The Labute approximate surface area is 106 Å². The van der Waals surface area contributed by atoms with Crippen molar-refractivity contribution < 1.29 is 15.3 Å². The van der Waals surface area contributed by atoms with Gasteiger partial charge in [-0.1, -0.05) is 56.5 Å². The molecule has 1 aliphatic rings. The molecule has 2 atom stereocenters. The lowest BCUT2D eigenvalue weighted by Gasteiger charge is -2.40. The molecule has 2 N–H and O–H groups in total. The Morgan fingerprint density at radius 3 is 2.29 bits per heavy atom. The van der Waals surface area contributed by atoms with Gasteiger partial charge in [-0.15, -0.1) is 0 Å². The van der Waals surface area contributed by atoms with E-state index in [9.17, 15) is 0 Å². The van der Waals surface area contributed by atoms with Crippen molar-refractivity contribution in [2.24, 2.45) is 0 Å². The van der Waals surface area contributed by atoms with E-state index < -0.39 is 0 Å². The fourth-order valence-electron chi connectivity index (χ4n) is 1.99. The minimum Gasteiger partial charge on any atom is -0.412 e. The van der Waals surface area contributed by atoms with Crippen LogP contribution in [0.3, 0.4) is 0 Å². The summed E-state index contributed by atoms with van der Waals surface area (Å²) in [5, 5.41) is 0. The highest BCUT2D eigenvalue weighted by Gasteiger charge is 2.42. The van der Waals surface area contributed by atoms with Gasteiger partial charge >= 0.3 is 0 Å². The summed E-state index contributed by atoms with van der Waals surface area (Å²) in [6.45, 7) is 2.91. The second-order valence-electron chi connectivity index (χ2n) is 4.16. The first-order valence-electron chi connectivity index (χ1n) is 5.73. The molecular weight excluding hydrogens is 235 g/mol. The summed E-state index contributed by atoms with van der Waals surface area (Å²) in [6.07, 6.45) is 4.77. The second-order valence-corrected chi connectivity index (χ2v) is 4.16. The molecule has 0 saturated carbocycles. The Hall–Kier alpha value is -0.470. The van der Waals surface area contributed by atoms with E-state index in [2.05, 4.69) is 31.2 Å². The molecule has 1 aromatic rings. The zero-order valence-electron chi connectivity index (χ0n) is 10.4. The van der Waals surface area contributed by atoms with Crippen molar-refractivity contribution in [2.45, 2.75) is 38.2 Å². The minimum atomic E-state index is -0.156. The molecule has 4 heteroatoms. The highest BCUT2D eigenvalue weighted by Crippen LogP contribution is 2.38. The molecule has 0 bridgehead atoms. The number of rotatable bonds is 5. The molecule has 17 heavy (non-hydrogen) atoms. The van der Waals surface area contributed by atoms with Gasteiger partial charge in [-0.2, -0.15) is 9.90 Å². The van der Waals surface area contributed by atoms with E-state index in [1.807, 2.05) is 6.07 Å². The summed E-state index contributed by atoms with van der Waals surface area (Å²) < 4.78 is 0. The lowest BCUT2D eigenvalue weighted by molar-refractivity contribution is -0.481. The minimum absolute atomic E-state index is 0. The van der Waals surface area contributed by atoms with Crippen LogP contribution in [-0.4, -0.2) is 12.1 Å². The standard InChI is InChI=1S/C13H18O2.H2O.H3P/c1-2-3-7-10-13(11-14-15-13)12-8-5-4-6-9-12;;/h4-6,8-9H,2-3,7,10-11H2,1H3;1H2;1H3. The van der Waals surface area contributed by atoms with E-state index in [4.69, 9.17) is 9.78 Å². The fourth-order valence-corrected chi connectivity index (χ4v) is 1.99.